The van der Waals surface area contributed by atoms with E-state index in [-0.39, 0.29) is 0 Å². The van der Waals surface area contributed by atoms with Gasteiger partial charge in [-0.3, -0.25) is 4.90 Å². The number of rotatable bonds is 9. The van der Waals surface area contributed by atoms with Gasteiger partial charge in [0, 0.05) is 31.1 Å². The molecule has 0 amide bonds. The molecule has 0 unspecified atom stereocenters. The van der Waals surface area contributed by atoms with Gasteiger partial charge in [0.15, 0.2) is 0 Å². The number of methoxy groups -OCH3 is 1. The second-order valence-electron chi connectivity index (χ2n) is 6.83. The van der Waals surface area contributed by atoms with Crippen molar-refractivity contribution >= 4 is 11.8 Å². The molecule has 0 aliphatic heterocycles. The van der Waals surface area contributed by atoms with E-state index in [2.05, 4.69) is 77.9 Å². The Morgan fingerprint density at radius 3 is 2.25 bits per heavy atom. The third-order valence-electron chi connectivity index (χ3n) is 4.79. The van der Waals surface area contributed by atoms with Gasteiger partial charge < -0.3 is 10.5 Å². The van der Waals surface area contributed by atoms with Crippen LogP contribution in [0.15, 0.2) is 77.7 Å². The molecular weight excluding hydrogens is 364 g/mol. The van der Waals surface area contributed by atoms with Crippen molar-refractivity contribution in [1.82, 2.24) is 4.90 Å². The Hall–Kier alpha value is -2.27. The number of ether oxygens (including phenoxy) is 1. The summed E-state index contributed by atoms with van der Waals surface area (Å²) in [6.07, 6.45) is 2.14. The molecule has 4 heteroatoms. The molecule has 3 aromatic carbocycles. The lowest BCUT2D eigenvalue weighted by Gasteiger charge is -2.24. The maximum Gasteiger partial charge on any atom is 0.119 e. The monoisotopic (exact) mass is 392 g/mol. The molecule has 0 fully saturated rings. The van der Waals surface area contributed by atoms with Gasteiger partial charge in [0.25, 0.3) is 0 Å². The first-order valence-electron chi connectivity index (χ1n) is 9.47. The van der Waals surface area contributed by atoms with E-state index in [0.29, 0.717) is 6.54 Å². The van der Waals surface area contributed by atoms with Gasteiger partial charge in [0.05, 0.1) is 7.11 Å². The van der Waals surface area contributed by atoms with Crippen LogP contribution in [0.1, 0.15) is 22.3 Å². The minimum atomic E-state index is 0.578. The first-order chi connectivity index (χ1) is 13.7. The quantitative estimate of drug-likeness (QED) is 0.516. The zero-order valence-corrected chi connectivity index (χ0v) is 17.4. The molecule has 0 atom stereocenters. The van der Waals surface area contributed by atoms with E-state index in [4.69, 9.17) is 10.5 Å². The van der Waals surface area contributed by atoms with Crippen molar-refractivity contribution in [1.29, 1.82) is 0 Å². The normalized spacial score (nSPS) is 11.0. The Kier molecular flexibility index (Phi) is 7.54. The van der Waals surface area contributed by atoms with Crippen LogP contribution < -0.4 is 10.5 Å². The summed E-state index contributed by atoms with van der Waals surface area (Å²) in [5.41, 5.74) is 10.8. The van der Waals surface area contributed by atoms with Crippen LogP contribution in [0.25, 0.3) is 0 Å². The van der Waals surface area contributed by atoms with Crippen molar-refractivity contribution in [2.45, 2.75) is 31.1 Å². The van der Waals surface area contributed by atoms with Crippen LogP contribution in [0.5, 0.6) is 5.75 Å². The second-order valence-corrected chi connectivity index (χ2v) is 7.68. The predicted molar refractivity (Wildman–Crippen MR) is 119 cm³/mol. The zero-order valence-electron chi connectivity index (χ0n) is 16.6. The molecule has 3 nitrogen and oxygen atoms in total. The predicted octanol–water partition coefficient (Wildman–Crippen LogP) is 5.08. The SMILES string of the molecule is COc1cccc(CN(Cc2ccc(CN)cc2)Cc2ccccc2SC)c1. The number of nitrogens with two attached hydrogens (primary N) is 1. The van der Waals surface area contributed by atoms with Crippen molar-refractivity contribution in [3.05, 3.63) is 95.1 Å². The zero-order chi connectivity index (χ0) is 19.8. The number of hydrogen-bond donors (Lipinski definition) is 1. The van der Waals surface area contributed by atoms with E-state index < -0.39 is 0 Å². The lowest BCUT2D eigenvalue weighted by molar-refractivity contribution is 0.245. The molecule has 3 aromatic rings. The van der Waals surface area contributed by atoms with Gasteiger partial charge in [-0.05, 0) is 46.7 Å². The third-order valence-corrected chi connectivity index (χ3v) is 5.63. The summed E-state index contributed by atoms with van der Waals surface area (Å²) >= 11 is 1.80. The largest absolute Gasteiger partial charge is 0.497 e. The van der Waals surface area contributed by atoms with E-state index in [1.165, 1.54) is 21.6 Å². The van der Waals surface area contributed by atoms with Gasteiger partial charge >= 0.3 is 0 Å². The van der Waals surface area contributed by atoms with Crippen molar-refractivity contribution in [3.63, 3.8) is 0 Å². The van der Waals surface area contributed by atoms with Crippen molar-refractivity contribution in [3.8, 4) is 5.75 Å². The molecule has 0 aromatic heterocycles. The third kappa shape index (κ3) is 5.61. The highest BCUT2D eigenvalue weighted by atomic mass is 32.2. The molecule has 0 saturated carbocycles. The molecule has 0 aliphatic rings. The molecule has 28 heavy (non-hydrogen) atoms. The van der Waals surface area contributed by atoms with Crippen LogP contribution >= 0.6 is 11.8 Å². The highest BCUT2D eigenvalue weighted by Gasteiger charge is 2.11. The number of hydrogen-bond acceptors (Lipinski definition) is 4. The van der Waals surface area contributed by atoms with Crippen molar-refractivity contribution in [2.75, 3.05) is 13.4 Å². The van der Waals surface area contributed by atoms with Gasteiger partial charge in [0.2, 0.25) is 0 Å². The fourth-order valence-corrected chi connectivity index (χ4v) is 3.92. The summed E-state index contributed by atoms with van der Waals surface area (Å²) in [6.45, 7) is 3.21. The van der Waals surface area contributed by atoms with Crippen LogP contribution in [0.3, 0.4) is 0 Å². The molecule has 0 aliphatic carbocycles. The Labute approximate surface area is 172 Å². The maximum absolute atomic E-state index is 5.74. The van der Waals surface area contributed by atoms with Gasteiger partial charge in [-0.15, -0.1) is 11.8 Å². The number of nitrogens with zero attached hydrogens (tertiary/aromatic N) is 1. The first-order valence-corrected chi connectivity index (χ1v) is 10.7. The molecule has 0 radical (unpaired) electrons. The topological polar surface area (TPSA) is 38.5 Å². The van der Waals surface area contributed by atoms with E-state index in [1.54, 1.807) is 18.9 Å². The maximum atomic E-state index is 5.74. The number of thioether (sulfide) groups is 1. The van der Waals surface area contributed by atoms with E-state index in [9.17, 15) is 0 Å². The Morgan fingerprint density at radius 2 is 1.54 bits per heavy atom. The lowest BCUT2D eigenvalue weighted by Crippen LogP contribution is -2.22. The molecule has 0 saturated heterocycles. The second kappa shape index (κ2) is 10.3. The van der Waals surface area contributed by atoms with Gasteiger partial charge in [-0.25, -0.2) is 0 Å². The van der Waals surface area contributed by atoms with Crippen LogP contribution in [0, 0.1) is 0 Å². The van der Waals surface area contributed by atoms with Crippen LogP contribution in [0.2, 0.25) is 0 Å². The molecule has 0 heterocycles. The minimum absolute atomic E-state index is 0.578. The first kappa shape index (κ1) is 20.5. The van der Waals surface area contributed by atoms with Gasteiger partial charge in [-0.2, -0.15) is 0 Å². The summed E-state index contributed by atoms with van der Waals surface area (Å²) in [4.78, 5) is 3.80. The average Bonchev–Trinajstić information content (AvgIpc) is 2.74. The fraction of sp³-hybridized carbons (Fsp3) is 0.250. The van der Waals surface area contributed by atoms with Crippen LogP contribution in [-0.4, -0.2) is 18.3 Å². The van der Waals surface area contributed by atoms with E-state index >= 15 is 0 Å². The molecule has 146 valence electrons. The number of benzene rings is 3. The summed E-state index contributed by atoms with van der Waals surface area (Å²) in [7, 11) is 1.71. The summed E-state index contributed by atoms with van der Waals surface area (Å²) in [6, 6.07) is 25.6. The smallest absolute Gasteiger partial charge is 0.119 e. The average molecular weight is 393 g/mol. The summed E-state index contributed by atoms with van der Waals surface area (Å²) < 4.78 is 5.40. The summed E-state index contributed by atoms with van der Waals surface area (Å²) in [5.74, 6) is 0.897. The van der Waals surface area contributed by atoms with Crippen LogP contribution in [0.4, 0.5) is 0 Å². The van der Waals surface area contributed by atoms with Crippen molar-refractivity contribution < 1.29 is 4.74 Å². The lowest BCUT2D eigenvalue weighted by atomic mass is 10.1. The van der Waals surface area contributed by atoms with Crippen LogP contribution in [-0.2, 0) is 26.2 Å². The minimum Gasteiger partial charge on any atom is -0.497 e. The standard InChI is InChI=1S/C24H28N2OS/c1-27-23-8-5-6-21(14-23)17-26(16-20-12-10-19(15-25)11-13-20)18-22-7-3-4-9-24(22)28-2/h3-14H,15-18,25H2,1-2H3. The fourth-order valence-electron chi connectivity index (χ4n) is 3.31. The highest BCUT2D eigenvalue weighted by molar-refractivity contribution is 7.98. The van der Waals surface area contributed by atoms with Gasteiger partial charge in [-0.1, -0.05) is 54.6 Å². The molecule has 0 bridgehead atoms. The van der Waals surface area contributed by atoms with Gasteiger partial charge in [0.1, 0.15) is 5.75 Å². The molecular formula is C24H28N2OS. The Bertz CT molecular complexity index is 880. The van der Waals surface area contributed by atoms with E-state index in [1.807, 2.05) is 6.07 Å². The Morgan fingerprint density at radius 1 is 0.821 bits per heavy atom. The highest BCUT2D eigenvalue weighted by Crippen LogP contribution is 2.24. The van der Waals surface area contributed by atoms with E-state index in [0.717, 1.165) is 30.9 Å². The molecule has 3 rings (SSSR count). The molecule has 0 spiro atoms. The molecule has 2 N–H and O–H groups in total. The van der Waals surface area contributed by atoms with Crippen molar-refractivity contribution in [2.24, 2.45) is 5.73 Å². The summed E-state index contributed by atoms with van der Waals surface area (Å²) in [5, 5.41) is 0. The Balaban J connectivity index is 1.83.